The average molecular weight is 479 g/mol. The van der Waals surface area contributed by atoms with Crippen molar-refractivity contribution in [3.8, 4) is 5.75 Å². The van der Waals surface area contributed by atoms with Gasteiger partial charge in [0, 0.05) is 16.3 Å². The van der Waals surface area contributed by atoms with Gasteiger partial charge in [-0.05, 0) is 54.1 Å². The number of hydrogen-bond acceptors (Lipinski definition) is 4. The molecule has 3 aromatic rings. The molecule has 3 aromatic carbocycles. The van der Waals surface area contributed by atoms with E-state index >= 15 is 0 Å². The molecule has 0 aromatic heterocycles. The first-order valence-electron chi connectivity index (χ1n) is 9.15. The fraction of sp³-hybridized carbons (Fsp3) is 0.136. The summed E-state index contributed by atoms with van der Waals surface area (Å²) < 4.78 is 31.1. The van der Waals surface area contributed by atoms with Crippen LogP contribution in [-0.2, 0) is 16.6 Å². The predicted molar refractivity (Wildman–Crippen MR) is 125 cm³/mol. The fourth-order valence-corrected chi connectivity index (χ4v) is 4.24. The van der Waals surface area contributed by atoms with Gasteiger partial charge in [-0.25, -0.2) is 8.42 Å². The molecular formula is C22H20Cl2N2O4S. The van der Waals surface area contributed by atoms with E-state index in [4.69, 9.17) is 27.9 Å². The summed E-state index contributed by atoms with van der Waals surface area (Å²) in [5.74, 6) is 0.146. The van der Waals surface area contributed by atoms with Crippen molar-refractivity contribution in [1.29, 1.82) is 0 Å². The molecule has 0 aliphatic rings. The summed E-state index contributed by atoms with van der Waals surface area (Å²) in [4.78, 5) is 12.6. The fourth-order valence-electron chi connectivity index (χ4n) is 2.91. The highest BCUT2D eigenvalue weighted by molar-refractivity contribution is 7.92. The molecule has 1 amide bonds. The Morgan fingerprint density at radius 1 is 1.00 bits per heavy atom. The number of carbonyl (C=O) groups excluding carboxylic acids is 1. The number of anilines is 2. The number of amides is 1. The maximum atomic E-state index is 12.6. The van der Waals surface area contributed by atoms with Crippen molar-refractivity contribution >= 4 is 50.5 Å². The van der Waals surface area contributed by atoms with Gasteiger partial charge in [-0.15, -0.1) is 0 Å². The molecular weight excluding hydrogens is 459 g/mol. The lowest BCUT2D eigenvalue weighted by atomic mass is 10.1. The van der Waals surface area contributed by atoms with E-state index < -0.39 is 10.0 Å². The van der Waals surface area contributed by atoms with Crippen LogP contribution < -0.4 is 14.4 Å². The number of sulfonamides is 1. The molecule has 0 spiro atoms. The molecule has 31 heavy (non-hydrogen) atoms. The number of methoxy groups -OCH3 is 1. The number of rotatable bonds is 7. The molecule has 0 saturated carbocycles. The lowest BCUT2D eigenvalue weighted by Crippen LogP contribution is -2.29. The monoisotopic (exact) mass is 478 g/mol. The van der Waals surface area contributed by atoms with E-state index in [9.17, 15) is 13.2 Å². The Labute approximate surface area is 191 Å². The smallest absolute Gasteiger partial charge is 0.255 e. The first-order valence-corrected chi connectivity index (χ1v) is 11.8. The van der Waals surface area contributed by atoms with Crippen LogP contribution in [0.4, 0.5) is 11.4 Å². The molecule has 162 valence electrons. The van der Waals surface area contributed by atoms with Crippen LogP contribution in [-0.4, -0.2) is 27.7 Å². The van der Waals surface area contributed by atoms with E-state index in [0.29, 0.717) is 38.3 Å². The van der Waals surface area contributed by atoms with Crippen molar-refractivity contribution in [2.24, 2.45) is 0 Å². The summed E-state index contributed by atoms with van der Waals surface area (Å²) in [5, 5.41) is 3.60. The SMILES string of the molecule is COc1ccc(NC(=O)c2ccc(N(Cc3ccccc3Cl)S(C)(=O)=O)cc2)cc1Cl. The molecule has 6 nitrogen and oxygen atoms in total. The third kappa shape index (κ3) is 5.70. The average Bonchev–Trinajstić information content (AvgIpc) is 2.72. The van der Waals surface area contributed by atoms with E-state index in [1.54, 1.807) is 66.7 Å². The van der Waals surface area contributed by atoms with Crippen molar-refractivity contribution in [3.63, 3.8) is 0 Å². The Hall–Kier alpha value is -2.74. The van der Waals surface area contributed by atoms with Crippen LogP contribution in [0.5, 0.6) is 5.75 Å². The largest absolute Gasteiger partial charge is 0.495 e. The second kappa shape index (κ2) is 9.60. The highest BCUT2D eigenvalue weighted by Crippen LogP contribution is 2.28. The molecule has 0 radical (unpaired) electrons. The van der Waals surface area contributed by atoms with Gasteiger partial charge in [0.15, 0.2) is 0 Å². The molecule has 0 unspecified atom stereocenters. The van der Waals surface area contributed by atoms with Crippen LogP contribution in [0.1, 0.15) is 15.9 Å². The molecule has 1 N–H and O–H groups in total. The van der Waals surface area contributed by atoms with Gasteiger partial charge in [-0.1, -0.05) is 41.4 Å². The Morgan fingerprint density at radius 3 is 2.26 bits per heavy atom. The van der Waals surface area contributed by atoms with Crippen LogP contribution in [0.3, 0.4) is 0 Å². The molecule has 0 atom stereocenters. The number of benzene rings is 3. The summed E-state index contributed by atoms with van der Waals surface area (Å²) in [6, 6.07) is 18.2. The van der Waals surface area contributed by atoms with Gasteiger partial charge < -0.3 is 10.1 Å². The number of nitrogens with zero attached hydrogens (tertiary/aromatic N) is 1. The van der Waals surface area contributed by atoms with E-state index in [2.05, 4.69) is 5.32 Å². The molecule has 0 fully saturated rings. The van der Waals surface area contributed by atoms with Crippen LogP contribution in [0.25, 0.3) is 0 Å². The van der Waals surface area contributed by atoms with Gasteiger partial charge in [-0.3, -0.25) is 9.10 Å². The Morgan fingerprint density at radius 2 is 1.68 bits per heavy atom. The van der Waals surface area contributed by atoms with Crippen molar-refractivity contribution in [2.75, 3.05) is 23.0 Å². The van der Waals surface area contributed by atoms with E-state index in [1.165, 1.54) is 11.4 Å². The summed E-state index contributed by atoms with van der Waals surface area (Å²) in [7, 11) is -2.07. The van der Waals surface area contributed by atoms with Crippen LogP contribution in [0.2, 0.25) is 10.0 Å². The molecule has 0 saturated heterocycles. The third-order valence-electron chi connectivity index (χ3n) is 4.50. The van der Waals surface area contributed by atoms with Gasteiger partial charge in [0.1, 0.15) is 5.75 Å². The Kier molecular flexibility index (Phi) is 7.10. The highest BCUT2D eigenvalue weighted by Gasteiger charge is 2.19. The lowest BCUT2D eigenvalue weighted by molar-refractivity contribution is 0.102. The normalized spacial score (nSPS) is 11.1. The lowest BCUT2D eigenvalue weighted by Gasteiger charge is -2.23. The molecule has 0 aliphatic carbocycles. The van der Waals surface area contributed by atoms with E-state index in [0.717, 1.165) is 6.26 Å². The summed E-state index contributed by atoms with van der Waals surface area (Å²) in [6.45, 7) is 0.0778. The Bertz CT molecular complexity index is 1200. The molecule has 0 bridgehead atoms. The minimum absolute atomic E-state index is 0.0778. The van der Waals surface area contributed by atoms with E-state index in [1.807, 2.05) is 0 Å². The zero-order chi connectivity index (χ0) is 22.6. The number of halogens is 2. The summed E-state index contributed by atoms with van der Waals surface area (Å²) in [6.07, 6.45) is 1.12. The topological polar surface area (TPSA) is 75.7 Å². The minimum Gasteiger partial charge on any atom is -0.495 e. The maximum Gasteiger partial charge on any atom is 0.255 e. The van der Waals surface area contributed by atoms with Crippen molar-refractivity contribution in [1.82, 2.24) is 0 Å². The third-order valence-corrected chi connectivity index (χ3v) is 6.30. The Balaban J connectivity index is 1.80. The number of ether oxygens (including phenoxy) is 1. The standard InChI is InChI=1S/C22H20Cl2N2O4S/c1-30-21-12-9-17(13-20(21)24)25-22(27)15-7-10-18(11-8-15)26(31(2,28)29)14-16-5-3-4-6-19(16)23/h3-13H,14H2,1-2H3,(H,25,27). The second-order valence-corrected chi connectivity index (χ2v) is 9.43. The summed E-state index contributed by atoms with van der Waals surface area (Å²) in [5.41, 5.74) is 1.97. The molecule has 0 heterocycles. The predicted octanol–water partition coefficient (Wildman–Crippen LogP) is 5.22. The highest BCUT2D eigenvalue weighted by atomic mass is 35.5. The first kappa shape index (κ1) is 22.9. The van der Waals surface area contributed by atoms with Crippen molar-refractivity contribution in [3.05, 3.63) is 87.9 Å². The number of carbonyl (C=O) groups is 1. The van der Waals surface area contributed by atoms with E-state index in [-0.39, 0.29) is 12.5 Å². The molecule has 0 aliphatic heterocycles. The van der Waals surface area contributed by atoms with Gasteiger partial charge in [0.25, 0.3) is 5.91 Å². The van der Waals surface area contributed by atoms with Gasteiger partial charge in [0.2, 0.25) is 10.0 Å². The summed E-state index contributed by atoms with van der Waals surface area (Å²) >= 11 is 12.3. The minimum atomic E-state index is -3.58. The zero-order valence-electron chi connectivity index (χ0n) is 16.8. The first-order chi connectivity index (χ1) is 14.7. The van der Waals surface area contributed by atoms with Crippen LogP contribution in [0, 0.1) is 0 Å². The molecule has 9 heteroatoms. The van der Waals surface area contributed by atoms with Gasteiger partial charge in [0.05, 0.1) is 30.6 Å². The van der Waals surface area contributed by atoms with Gasteiger partial charge in [-0.2, -0.15) is 0 Å². The van der Waals surface area contributed by atoms with Crippen molar-refractivity contribution in [2.45, 2.75) is 6.54 Å². The number of hydrogen-bond donors (Lipinski definition) is 1. The zero-order valence-corrected chi connectivity index (χ0v) is 19.1. The quantitative estimate of drug-likeness (QED) is 0.504. The number of nitrogens with one attached hydrogen (secondary N) is 1. The maximum absolute atomic E-state index is 12.6. The van der Waals surface area contributed by atoms with Crippen LogP contribution >= 0.6 is 23.2 Å². The van der Waals surface area contributed by atoms with Gasteiger partial charge >= 0.3 is 0 Å². The van der Waals surface area contributed by atoms with Crippen LogP contribution in [0.15, 0.2) is 66.7 Å². The molecule has 3 rings (SSSR count). The second-order valence-electron chi connectivity index (χ2n) is 6.71. The van der Waals surface area contributed by atoms with Crippen molar-refractivity contribution < 1.29 is 17.9 Å².